The van der Waals surface area contributed by atoms with E-state index in [2.05, 4.69) is 9.88 Å². The van der Waals surface area contributed by atoms with Crippen LogP contribution in [0, 0.1) is 6.92 Å². The number of aromatic nitrogens is 1. The van der Waals surface area contributed by atoms with Gasteiger partial charge in [0.15, 0.2) is 6.23 Å². The molecule has 106 valence electrons. The van der Waals surface area contributed by atoms with E-state index in [1.807, 2.05) is 13.0 Å². The summed E-state index contributed by atoms with van der Waals surface area (Å²) in [6, 6.07) is 1.92. The van der Waals surface area contributed by atoms with E-state index in [1.165, 1.54) is 6.20 Å². The molecule has 3 heterocycles. The third-order valence-electron chi connectivity index (χ3n) is 3.78. The van der Waals surface area contributed by atoms with Gasteiger partial charge in [0.2, 0.25) is 0 Å². The average Bonchev–Trinajstić information content (AvgIpc) is 2.91. The number of pyridine rings is 1. The highest BCUT2D eigenvalue weighted by molar-refractivity contribution is 5.74. The van der Waals surface area contributed by atoms with Gasteiger partial charge in [-0.05, 0) is 31.9 Å². The zero-order chi connectivity index (χ0) is 14.3. The number of anilines is 1. The molecule has 6 heteroatoms. The predicted molar refractivity (Wildman–Crippen MR) is 74.3 cm³/mol. The molecule has 1 atom stereocenters. The van der Waals surface area contributed by atoms with Crippen molar-refractivity contribution in [1.82, 2.24) is 9.88 Å². The van der Waals surface area contributed by atoms with Gasteiger partial charge in [-0.3, -0.25) is 9.88 Å². The van der Waals surface area contributed by atoms with Crippen molar-refractivity contribution in [1.29, 1.82) is 0 Å². The van der Waals surface area contributed by atoms with Gasteiger partial charge in [-0.1, -0.05) is 0 Å². The molecule has 1 fully saturated rings. The Balaban J connectivity index is 2.11. The summed E-state index contributed by atoms with van der Waals surface area (Å²) in [5.41, 5.74) is 3.00. The quantitative estimate of drug-likeness (QED) is 0.819. The topological polar surface area (TPSA) is 76.9 Å². The maximum absolute atomic E-state index is 11.2. The second-order valence-corrected chi connectivity index (χ2v) is 5.16. The zero-order valence-electron chi connectivity index (χ0n) is 11.3. The number of carboxylic acid groups (broad SMARTS) is 1. The fourth-order valence-corrected chi connectivity index (χ4v) is 2.84. The highest BCUT2D eigenvalue weighted by Gasteiger charge is 2.31. The van der Waals surface area contributed by atoms with Gasteiger partial charge in [-0.2, -0.15) is 0 Å². The van der Waals surface area contributed by atoms with E-state index in [0.29, 0.717) is 11.3 Å². The van der Waals surface area contributed by atoms with Crippen LogP contribution in [0.3, 0.4) is 0 Å². The molecule has 6 nitrogen and oxygen atoms in total. The molecule has 2 aliphatic rings. The minimum absolute atomic E-state index is 0.586. The molecule has 1 aromatic heterocycles. The van der Waals surface area contributed by atoms with Crippen molar-refractivity contribution in [2.24, 2.45) is 0 Å². The largest absolute Gasteiger partial charge is 0.465 e. The highest BCUT2D eigenvalue weighted by atomic mass is 16.4. The van der Waals surface area contributed by atoms with Crippen LogP contribution in [-0.4, -0.2) is 39.3 Å². The van der Waals surface area contributed by atoms with Crippen molar-refractivity contribution < 1.29 is 15.0 Å². The van der Waals surface area contributed by atoms with E-state index < -0.39 is 12.3 Å². The van der Waals surface area contributed by atoms with Crippen molar-refractivity contribution in [2.45, 2.75) is 26.0 Å². The van der Waals surface area contributed by atoms with Gasteiger partial charge in [0, 0.05) is 30.7 Å². The molecule has 3 rings (SSSR count). The van der Waals surface area contributed by atoms with E-state index in [-0.39, 0.29) is 0 Å². The Morgan fingerprint density at radius 3 is 2.75 bits per heavy atom. The summed E-state index contributed by atoms with van der Waals surface area (Å²) in [6.45, 7) is 3.77. The number of amides is 1. The molecule has 0 spiro atoms. The van der Waals surface area contributed by atoms with Gasteiger partial charge in [0.25, 0.3) is 0 Å². The number of hydrogen-bond acceptors (Lipinski definition) is 4. The molecule has 1 amide bonds. The lowest BCUT2D eigenvalue weighted by Crippen LogP contribution is -2.33. The summed E-state index contributed by atoms with van der Waals surface area (Å²) in [4.78, 5) is 18.6. The molecule has 1 unspecified atom stereocenters. The molecule has 0 aromatic carbocycles. The van der Waals surface area contributed by atoms with Crippen LogP contribution in [0.1, 0.15) is 36.0 Å². The highest BCUT2D eigenvalue weighted by Crippen LogP contribution is 2.36. The molecule has 0 saturated carbocycles. The van der Waals surface area contributed by atoms with Crippen LogP contribution in [0.4, 0.5) is 10.5 Å². The Hall–Kier alpha value is -2.08. The summed E-state index contributed by atoms with van der Waals surface area (Å²) in [5.74, 6) is 0. The maximum atomic E-state index is 11.2. The Kier molecular flexibility index (Phi) is 3.10. The van der Waals surface area contributed by atoms with E-state index in [4.69, 9.17) is 5.11 Å². The van der Waals surface area contributed by atoms with Crippen LogP contribution in [0.2, 0.25) is 0 Å². The fourth-order valence-electron chi connectivity index (χ4n) is 2.84. The number of aryl methyl sites for hydroxylation is 1. The van der Waals surface area contributed by atoms with Crippen LogP contribution in [0.25, 0.3) is 6.08 Å². The van der Waals surface area contributed by atoms with Gasteiger partial charge in [-0.25, -0.2) is 4.79 Å². The van der Waals surface area contributed by atoms with Crippen LogP contribution >= 0.6 is 0 Å². The first-order valence-electron chi connectivity index (χ1n) is 6.72. The normalized spacial score (nSPS) is 21.2. The molecular weight excluding hydrogens is 258 g/mol. The van der Waals surface area contributed by atoms with Gasteiger partial charge in [0.05, 0.1) is 11.3 Å². The standard InChI is InChI=1S/C14H17N3O3/c1-9-8-11(16-5-2-3-6-16)12-10(15-9)4-7-17(13(12)18)14(19)20/h4,7-8,13,18H,2-3,5-6H2,1H3,(H,19,20). The van der Waals surface area contributed by atoms with E-state index >= 15 is 0 Å². The number of aliphatic hydroxyl groups excluding tert-OH is 1. The minimum atomic E-state index is -1.20. The van der Waals surface area contributed by atoms with Crippen LogP contribution in [0.5, 0.6) is 0 Å². The molecule has 1 saturated heterocycles. The van der Waals surface area contributed by atoms with Crippen LogP contribution in [-0.2, 0) is 0 Å². The summed E-state index contributed by atoms with van der Waals surface area (Å²) in [7, 11) is 0. The van der Waals surface area contributed by atoms with Gasteiger partial charge < -0.3 is 15.1 Å². The fraction of sp³-hybridized carbons (Fsp3) is 0.429. The second kappa shape index (κ2) is 4.79. The molecule has 2 aliphatic heterocycles. The van der Waals surface area contributed by atoms with Crippen LogP contribution < -0.4 is 4.90 Å². The predicted octanol–water partition coefficient (Wildman–Crippen LogP) is 1.95. The summed E-state index contributed by atoms with van der Waals surface area (Å²) in [6.07, 6.45) is 2.86. The SMILES string of the molecule is Cc1cc(N2CCCC2)c2c(n1)C=CN(C(=O)O)C2O. The monoisotopic (exact) mass is 275 g/mol. The Labute approximate surface area is 117 Å². The lowest BCUT2D eigenvalue weighted by atomic mass is 10.0. The number of hydrogen-bond donors (Lipinski definition) is 2. The minimum Gasteiger partial charge on any atom is -0.465 e. The summed E-state index contributed by atoms with van der Waals surface area (Å²) in [5, 5.41) is 19.5. The Morgan fingerprint density at radius 1 is 1.40 bits per heavy atom. The van der Waals surface area contributed by atoms with Gasteiger partial charge in [-0.15, -0.1) is 0 Å². The number of rotatable bonds is 1. The first kappa shape index (κ1) is 12.9. The summed E-state index contributed by atoms with van der Waals surface area (Å²) < 4.78 is 0. The molecule has 0 aliphatic carbocycles. The average molecular weight is 275 g/mol. The van der Waals surface area contributed by atoms with Crippen molar-refractivity contribution in [3.8, 4) is 0 Å². The smallest absolute Gasteiger partial charge is 0.413 e. The number of fused-ring (bicyclic) bond motifs is 1. The molecule has 2 N–H and O–H groups in total. The molecule has 0 bridgehead atoms. The molecule has 1 aromatic rings. The van der Waals surface area contributed by atoms with Crippen molar-refractivity contribution in [3.63, 3.8) is 0 Å². The second-order valence-electron chi connectivity index (χ2n) is 5.16. The number of nitrogens with zero attached hydrogens (tertiary/aromatic N) is 3. The molecule has 0 radical (unpaired) electrons. The third-order valence-corrected chi connectivity index (χ3v) is 3.78. The molecule has 20 heavy (non-hydrogen) atoms. The first-order valence-corrected chi connectivity index (χ1v) is 6.72. The molecular formula is C14H17N3O3. The Morgan fingerprint density at radius 2 is 2.10 bits per heavy atom. The third kappa shape index (κ3) is 2.02. The van der Waals surface area contributed by atoms with E-state index in [0.717, 1.165) is 42.2 Å². The van der Waals surface area contributed by atoms with E-state index in [1.54, 1.807) is 6.08 Å². The Bertz CT molecular complexity index is 579. The summed E-state index contributed by atoms with van der Waals surface area (Å²) >= 11 is 0. The van der Waals surface area contributed by atoms with Gasteiger partial charge >= 0.3 is 6.09 Å². The van der Waals surface area contributed by atoms with Gasteiger partial charge in [0.1, 0.15) is 0 Å². The number of aliphatic hydroxyl groups is 1. The number of carbonyl (C=O) groups is 1. The van der Waals surface area contributed by atoms with Crippen molar-refractivity contribution in [3.05, 3.63) is 29.2 Å². The first-order chi connectivity index (χ1) is 9.58. The van der Waals surface area contributed by atoms with Crippen molar-refractivity contribution in [2.75, 3.05) is 18.0 Å². The van der Waals surface area contributed by atoms with E-state index in [9.17, 15) is 9.90 Å². The van der Waals surface area contributed by atoms with Crippen molar-refractivity contribution >= 4 is 17.9 Å². The zero-order valence-corrected chi connectivity index (χ0v) is 11.3. The maximum Gasteiger partial charge on any atom is 0.413 e. The lowest BCUT2D eigenvalue weighted by molar-refractivity contribution is 0.0378. The van der Waals surface area contributed by atoms with Crippen LogP contribution in [0.15, 0.2) is 12.3 Å². The lowest BCUT2D eigenvalue weighted by Gasteiger charge is -2.31.